The number of rotatable bonds is 7. The number of anilines is 1. The molecule has 2 amide bonds. The zero-order valence-electron chi connectivity index (χ0n) is 19.2. The van der Waals surface area contributed by atoms with E-state index >= 15 is 0 Å². The predicted molar refractivity (Wildman–Crippen MR) is 133 cm³/mol. The van der Waals surface area contributed by atoms with Crippen molar-refractivity contribution >= 4 is 34.4 Å². The van der Waals surface area contributed by atoms with Gasteiger partial charge in [0.25, 0.3) is 0 Å². The maximum atomic E-state index is 12.6. The zero-order valence-corrected chi connectivity index (χ0v) is 20.0. The number of hydrogen-bond donors (Lipinski definition) is 1. The van der Waals surface area contributed by atoms with Crippen LogP contribution in [0.5, 0.6) is 5.75 Å². The third-order valence-corrected chi connectivity index (χ3v) is 6.66. The molecule has 1 aliphatic rings. The summed E-state index contributed by atoms with van der Waals surface area (Å²) in [4.78, 5) is 31.5. The molecule has 0 radical (unpaired) electrons. The molecule has 0 aliphatic carbocycles. The van der Waals surface area contributed by atoms with Gasteiger partial charge in [-0.15, -0.1) is 11.3 Å². The van der Waals surface area contributed by atoms with Crippen molar-refractivity contribution in [2.75, 3.05) is 25.6 Å². The van der Waals surface area contributed by atoms with Crippen molar-refractivity contribution in [3.8, 4) is 11.8 Å². The minimum atomic E-state index is -0.393. The van der Waals surface area contributed by atoms with E-state index in [4.69, 9.17) is 9.47 Å². The number of nitrogens with one attached hydrogen (secondary N) is 1. The van der Waals surface area contributed by atoms with Gasteiger partial charge in [-0.3, -0.25) is 9.78 Å². The van der Waals surface area contributed by atoms with Crippen LogP contribution in [0.4, 0.5) is 9.80 Å². The highest BCUT2D eigenvalue weighted by atomic mass is 32.1. The van der Waals surface area contributed by atoms with E-state index in [2.05, 4.69) is 16.4 Å². The van der Waals surface area contributed by atoms with Crippen molar-refractivity contribution in [3.05, 3.63) is 82.0 Å². The van der Waals surface area contributed by atoms with Gasteiger partial charge in [-0.2, -0.15) is 5.26 Å². The molecule has 0 atom stereocenters. The van der Waals surface area contributed by atoms with Crippen molar-refractivity contribution in [1.82, 2.24) is 9.88 Å². The van der Waals surface area contributed by atoms with E-state index in [0.29, 0.717) is 36.5 Å². The van der Waals surface area contributed by atoms with Gasteiger partial charge in [0.15, 0.2) is 0 Å². The fraction of sp³-hybridized carbons (Fsp3) is 0.231. The van der Waals surface area contributed by atoms with Crippen molar-refractivity contribution in [3.63, 3.8) is 0 Å². The first kappa shape index (κ1) is 24.0. The lowest BCUT2D eigenvalue weighted by Crippen LogP contribution is -2.36. The normalized spacial score (nSPS) is 12.6. The van der Waals surface area contributed by atoms with Crippen LogP contribution >= 0.6 is 11.3 Å². The highest BCUT2D eigenvalue weighted by Gasteiger charge is 2.28. The minimum absolute atomic E-state index is 0.258. The van der Waals surface area contributed by atoms with Crippen LogP contribution in [0.25, 0.3) is 6.08 Å². The van der Waals surface area contributed by atoms with Gasteiger partial charge in [0, 0.05) is 36.3 Å². The maximum Gasteiger partial charge on any atom is 0.410 e. The molecule has 8 nitrogen and oxygen atoms in total. The molecule has 0 saturated carbocycles. The Morgan fingerprint density at radius 3 is 2.97 bits per heavy atom. The Hall–Kier alpha value is -4.16. The Balaban J connectivity index is 1.35. The number of methoxy groups -OCH3 is 1. The van der Waals surface area contributed by atoms with Crippen molar-refractivity contribution in [2.24, 2.45) is 0 Å². The number of fused-ring (bicyclic) bond motifs is 1. The van der Waals surface area contributed by atoms with Gasteiger partial charge in [0.2, 0.25) is 5.91 Å². The number of hydrogen-bond acceptors (Lipinski definition) is 7. The van der Waals surface area contributed by atoms with Crippen LogP contribution < -0.4 is 10.1 Å². The lowest BCUT2D eigenvalue weighted by atomic mass is 10.0. The van der Waals surface area contributed by atoms with Crippen LogP contribution in [0.3, 0.4) is 0 Å². The first-order chi connectivity index (χ1) is 17.1. The Labute approximate surface area is 207 Å². The summed E-state index contributed by atoms with van der Waals surface area (Å²) in [7, 11) is 1.61. The molecule has 0 fully saturated rings. The summed E-state index contributed by atoms with van der Waals surface area (Å²) in [5, 5.41) is 13.0. The van der Waals surface area contributed by atoms with Crippen LogP contribution in [-0.2, 0) is 28.9 Å². The average molecular weight is 489 g/mol. The van der Waals surface area contributed by atoms with Gasteiger partial charge in [-0.05, 0) is 47.4 Å². The van der Waals surface area contributed by atoms with Gasteiger partial charge in [-0.25, -0.2) is 4.79 Å². The van der Waals surface area contributed by atoms with Crippen LogP contribution in [-0.4, -0.2) is 42.1 Å². The molecular weight excluding hydrogens is 464 g/mol. The summed E-state index contributed by atoms with van der Waals surface area (Å²) in [6.45, 7) is 1.05. The van der Waals surface area contributed by atoms with Crippen molar-refractivity contribution in [2.45, 2.75) is 19.4 Å². The van der Waals surface area contributed by atoms with E-state index in [0.717, 1.165) is 27.3 Å². The van der Waals surface area contributed by atoms with Gasteiger partial charge in [0.05, 0.1) is 25.8 Å². The second-order valence-corrected chi connectivity index (χ2v) is 8.92. The topological polar surface area (TPSA) is 105 Å². The first-order valence-electron chi connectivity index (χ1n) is 11.1. The molecule has 1 aliphatic heterocycles. The molecule has 0 saturated heterocycles. The fourth-order valence-electron chi connectivity index (χ4n) is 3.74. The molecule has 35 heavy (non-hydrogen) atoms. The predicted octanol–water partition coefficient (Wildman–Crippen LogP) is 4.41. The van der Waals surface area contributed by atoms with E-state index in [1.807, 2.05) is 30.3 Å². The number of pyridine rings is 1. The molecule has 4 rings (SSSR count). The average Bonchev–Trinajstić information content (AvgIpc) is 3.24. The molecule has 1 aromatic carbocycles. The second kappa shape index (κ2) is 11.3. The van der Waals surface area contributed by atoms with E-state index in [1.165, 1.54) is 17.4 Å². The summed E-state index contributed by atoms with van der Waals surface area (Å²) in [5.74, 6) is 0.427. The number of ether oxygens (including phenoxy) is 2. The summed E-state index contributed by atoms with van der Waals surface area (Å²) >= 11 is 1.32. The standard InChI is InChI=1S/C26H24N4O4S/c1-33-20-6-2-4-18(14-20)10-13-34-26(32)30-12-9-21-22(15-27)25(35-23(21)17-30)29-24(31)8-7-19-5-3-11-28-16-19/h2-8,11,14,16H,9-10,12-13,17H2,1H3,(H,29,31). The maximum absolute atomic E-state index is 12.6. The fourth-order valence-corrected chi connectivity index (χ4v) is 4.96. The third-order valence-electron chi connectivity index (χ3n) is 5.53. The molecule has 3 aromatic rings. The van der Waals surface area contributed by atoms with Crippen LogP contribution in [0.2, 0.25) is 0 Å². The molecule has 9 heteroatoms. The second-order valence-electron chi connectivity index (χ2n) is 7.82. The van der Waals surface area contributed by atoms with Crippen molar-refractivity contribution < 1.29 is 19.1 Å². The summed E-state index contributed by atoms with van der Waals surface area (Å²) in [5.41, 5.74) is 3.16. The number of amides is 2. The summed E-state index contributed by atoms with van der Waals surface area (Å²) < 4.78 is 10.7. The lowest BCUT2D eigenvalue weighted by Gasteiger charge is -2.26. The number of nitrogens with zero attached hydrogens (tertiary/aromatic N) is 3. The van der Waals surface area contributed by atoms with E-state index in [1.54, 1.807) is 36.5 Å². The molecule has 1 N–H and O–H groups in total. The number of nitriles is 1. The van der Waals surface area contributed by atoms with E-state index in [9.17, 15) is 14.9 Å². The number of thiophene rings is 1. The first-order valence-corrected chi connectivity index (χ1v) is 11.9. The molecule has 0 spiro atoms. The molecule has 3 heterocycles. The highest BCUT2D eigenvalue weighted by Crippen LogP contribution is 2.36. The smallest absolute Gasteiger partial charge is 0.410 e. The summed E-state index contributed by atoms with van der Waals surface area (Å²) in [6, 6.07) is 13.5. The minimum Gasteiger partial charge on any atom is -0.497 e. The number of carbonyl (C=O) groups excluding carboxylic acids is 2. The SMILES string of the molecule is COc1cccc(CCOC(=O)N2CCc3c(sc(NC(=O)C=Cc4cccnc4)c3C#N)C2)c1. The third kappa shape index (κ3) is 6.05. The van der Waals surface area contributed by atoms with E-state index < -0.39 is 6.09 Å². The quantitative estimate of drug-likeness (QED) is 0.494. The van der Waals surface area contributed by atoms with Crippen LogP contribution in [0, 0.1) is 11.3 Å². The molecule has 0 bridgehead atoms. The van der Waals surface area contributed by atoms with Gasteiger partial charge >= 0.3 is 6.09 Å². The zero-order chi connectivity index (χ0) is 24.6. The van der Waals surface area contributed by atoms with Gasteiger partial charge in [-0.1, -0.05) is 18.2 Å². The molecule has 0 unspecified atom stereocenters. The monoisotopic (exact) mass is 488 g/mol. The molecule has 178 valence electrons. The Morgan fingerprint density at radius 1 is 1.31 bits per heavy atom. The van der Waals surface area contributed by atoms with E-state index in [-0.39, 0.29) is 12.5 Å². The Bertz CT molecular complexity index is 1280. The van der Waals surface area contributed by atoms with Crippen LogP contribution in [0.1, 0.15) is 27.1 Å². The lowest BCUT2D eigenvalue weighted by molar-refractivity contribution is -0.111. The van der Waals surface area contributed by atoms with Gasteiger partial charge < -0.3 is 19.7 Å². The highest BCUT2D eigenvalue weighted by molar-refractivity contribution is 7.16. The largest absolute Gasteiger partial charge is 0.497 e. The van der Waals surface area contributed by atoms with Gasteiger partial charge in [0.1, 0.15) is 16.8 Å². The summed E-state index contributed by atoms with van der Waals surface area (Å²) in [6.07, 6.45) is 7.10. The number of carbonyl (C=O) groups is 2. The van der Waals surface area contributed by atoms with Crippen molar-refractivity contribution in [1.29, 1.82) is 5.26 Å². The molecule has 2 aromatic heterocycles. The molecular formula is C26H24N4O4S. The number of benzene rings is 1. The number of aromatic nitrogens is 1. The van der Waals surface area contributed by atoms with Crippen LogP contribution in [0.15, 0.2) is 54.9 Å². The Morgan fingerprint density at radius 2 is 2.20 bits per heavy atom. The Kier molecular flexibility index (Phi) is 7.75.